The van der Waals surface area contributed by atoms with Gasteiger partial charge >= 0.3 is 0 Å². The summed E-state index contributed by atoms with van der Waals surface area (Å²) in [6.07, 6.45) is 2.09. The van der Waals surface area contributed by atoms with Gasteiger partial charge in [-0.1, -0.05) is 0 Å². The summed E-state index contributed by atoms with van der Waals surface area (Å²) in [6.45, 7) is 5.15. The van der Waals surface area contributed by atoms with Gasteiger partial charge in [0.05, 0.1) is 17.5 Å². The fraction of sp³-hybridized carbons (Fsp3) is 0.636. The summed E-state index contributed by atoms with van der Waals surface area (Å²) in [6, 6.07) is 0. The van der Waals surface area contributed by atoms with Gasteiger partial charge in [0.25, 0.3) is 5.91 Å². The second kappa shape index (κ2) is 4.03. The first-order valence-electron chi connectivity index (χ1n) is 5.77. The van der Waals surface area contributed by atoms with Gasteiger partial charge in [0, 0.05) is 19.6 Å². The van der Waals surface area contributed by atoms with Crippen LogP contribution in [0.5, 0.6) is 0 Å². The molecule has 2 heterocycles. The third kappa shape index (κ3) is 2.12. The first-order chi connectivity index (χ1) is 7.94. The lowest BCUT2D eigenvalue weighted by atomic mass is 10.1. The van der Waals surface area contributed by atoms with E-state index < -0.39 is 5.60 Å². The second-order valence-corrected chi connectivity index (χ2v) is 4.74. The van der Waals surface area contributed by atoms with Gasteiger partial charge in [-0.25, -0.2) is 0 Å². The first kappa shape index (κ1) is 11.9. The van der Waals surface area contributed by atoms with Gasteiger partial charge in [0.2, 0.25) is 0 Å². The molecule has 1 atom stereocenters. The number of aliphatic hydroxyl groups is 1. The van der Waals surface area contributed by atoms with Crippen molar-refractivity contribution in [1.82, 2.24) is 14.7 Å². The van der Waals surface area contributed by atoms with Crippen LogP contribution in [0.2, 0.25) is 0 Å². The van der Waals surface area contributed by atoms with Crippen LogP contribution in [0.15, 0.2) is 6.20 Å². The van der Waals surface area contributed by atoms with Crippen molar-refractivity contribution in [3.63, 3.8) is 0 Å². The number of β-amino-alcohol motifs (C(OH)–C–C–N with tert-alkyl or cyclic N) is 1. The van der Waals surface area contributed by atoms with Crippen molar-refractivity contribution < 1.29 is 9.90 Å². The average Bonchev–Trinajstić information content (AvgIpc) is 2.80. The van der Waals surface area contributed by atoms with E-state index in [0.29, 0.717) is 37.4 Å². The van der Waals surface area contributed by atoms with Crippen molar-refractivity contribution >= 4 is 11.6 Å². The highest BCUT2D eigenvalue weighted by Gasteiger charge is 2.35. The largest absolute Gasteiger partial charge is 0.396 e. The van der Waals surface area contributed by atoms with Gasteiger partial charge < -0.3 is 15.7 Å². The maximum absolute atomic E-state index is 12.3. The van der Waals surface area contributed by atoms with Gasteiger partial charge in [-0.15, -0.1) is 0 Å². The quantitative estimate of drug-likeness (QED) is 0.764. The maximum Gasteiger partial charge on any atom is 0.274 e. The van der Waals surface area contributed by atoms with Crippen LogP contribution in [0.1, 0.15) is 30.8 Å². The van der Waals surface area contributed by atoms with Crippen molar-refractivity contribution in [3.05, 3.63) is 11.9 Å². The van der Waals surface area contributed by atoms with Crippen LogP contribution in [0.3, 0.4) is 0 Å². The Morgan fingerprint density at radius 1 is 1.71 bits per heavy atom. The molecule has 2 rings (SSSR count). The zero-order valence-corrected chi connectivity index (χ0v) is 10.2. The molecular weight excluding hydrogens is 220 g/mol. The molecule has 6 heteroatoms. The minimum absolute atomic E-state index is 0.153. The number of hydrogen-bond donors (Lipinski definition) is 2. The number of rotatable bonds is 2. The fourth-order valence-corrected chi connectivity index (χ4v) is 2.14. The van der Waals surface area contributed by atoms with Crippen molar-refractivity contribution in [3.8, 4) is 0 Å². The van der Waals surface area contributed by atoms with Crippen LogP contribution >= 0.6 is 0 Å². The van der Waals surface area contributed by atoms with E-state index >= 15 is 0 Å². The summed E-state index contributed by atoms with van der Waals surface area (Å²) < 4.78 is 1.59. The Hall–Kier alpha value is -1.56. The molecule has 0 aliphatic carbocycles. The van der Waals surface area contributed by atoms with Gasteiger partial charge in [-0.3, -0.25) is 9.48 Å². The summed E-state index contributed by atoms with van der Waals surface area (Å²) in [5, 5.41) is 13.9. The zero-order valence-electron chi connectivity index (χ0n) is 10.2. The highest BCUT2D eigenvalue weighted by Crippen LogP contribution is 2.23. The normalized spacial score (nSPS) is 24.3. The molecule has 1 saturated heterocycles. The molecule has 1 aromatic heterocycles. The Labute approximate surface area is 100 Å². The number of aryl methyl sites for hydroxylation is 1. The predicted molar refractivity (Wildman–Crippen MR) is 63.5 cm³/mol. The van der Waals surface area contributed by atoms with E-state index in [1.54, 1.807) is 16.5 Å². The summed E-state index contributed by atoms with van der Waals surface area (Å²) in [5.74, 6) is -0.153. The molecule has 0 saturated carbocycles. The predicted octanol–water partition coefficient (Wildman–Crippen LogP) is 0.0821. The summed E-state index contributed by atoms with van der Waals surface area (Å²) in [4.78, 5) is 13.9. The number of aromatic nitrogens is 2. The monoisotopic (exact) mass is 238 g/mol. The Kier molecular flexibility index (Phi) is 2.82. The number of amides is 1. The van der Waals surface area contributed by atoms with Gasteiger partial charge in [-0.05, 0) is 20.3 Å². The molecule has 1 aliphatic heterocycles. The highest BCUT2D eigenvalue weighted by molar-refractivity contribution is 5.97. The van der Waals surface area contributed by atoms with E-state index in [-0.39, 0.29) is 5.91 Å². The Morgan fingerprint density at radius 2 is 2.41 bits per heavy atom. The van der Waals surface area contributed by atoms with Crippen LogP contribution in [0.25, 0.3) is 0 Å². The number of anilines is 1. The van der Waals surface area contributed by atoms with E-state index in [0.717, 1.165) is 0 Å². The molecule has 3 N–H and O–H groups in total. The van der Waals surface area contributed by atoms with E-state index in [9.17, 15) is 9.90 Å². The highest BCUT2D eigenvalue weighted by atomic mass is 16.3. The summed E-state index contributed by atoms with van der Waals surface area (Å²) in [7, 11) is 0. The molecule has 0 radical (unpaired) electrons. The Bertz CT molecular complexity index is 439. The number of carbonyl (C=O) groups excluding carboxylic acids is 1. The lowest BCUT2D eigenvalue weighted by Gasteiger charge is -2.19. The molecule has 0 spiro atoms. The van der Waals surface area contributed by atoms with Crippen LogP contribution in [-0.2, 0) is 6.54 Å². The smallest absolute Gasteiger partial charge is 0.274 e. The third-order valence-electron chi connectivity index (χ3n) is 3.11. The number of nitrogens with zero attached hydrogens (tertiary/aromatic N) is 3. The molecule has 0 bridgehead atoms. The number of nitrogen functional groups attached to an aromatic ring is 1. The standard InChI is InChI=1S/C11H18N4O2/c1-3-15-9(8(12)6-13-15)10(16)14-5-4-11(2,17)7-14/h6,17H,3-5,7,12H2,1-2H3. The molecule has 17 heavy (non-hydrogen) atoms. The molecule has 1 fully saturated rings. The molecular formula is C11H18N4O2. The van der Waals surface area contributed by atoms with E-state index in [1.807, 2.05) is 6.92 Å². The van der Waals surface area contributed by atoms with Gasteiger partial charge in [0.15, 0.2) is 0 Å². The second-order valence-electron chi connectivity index (χ2n) is 4.74. The Balaban J connectivity index is 2.23. The molecule has 1 unspecified atom stereocenters. The number of likely N-dealkylation sites (tertiary alicyclic amines) is 1. The molecule has 94 valence electrons. The number of nitrogens with two attached hydrogens (primary N) is 1. The van der Waals surface area contributed by atoms with Crippen LogP contribution in [0.4, 0.5) is 5.69 Å². The zero-order chi connectivity index (χ0) is 12.6. The van der Waals surface area contributed by atoms with Crippen molar-refractivity contribution in [2.24, 2.45) is 0 Å². The molecule has 1 aliphatic rings. The molecule has 0 aromatic carbocycles. The van der Waals surface area contributed by atoms with Crippen LogP contribution in [0, 0.1) is 0 Å². The summed E-state index contributed by atoms with van der Waals surface area (Å²) in [5.41, 5.74) is 5.78. The fourth-order valence-electron chi connectivity index (χ4n) is 2.14. The van der Waals surface area contributed by atoms with E-state index in [1.165, 1.54) is 6.20 Å². The van der Waals surface area contributed by atoms with Crippen LogP contribution < -0.4 is 5.73 Å². The Morgan fingerprint density at radius 3 is 2.94 bits per heavy atom. The average molecular weight is 238 g/mol. The third-order valence-corrected chi connectivity index (χ3v) is 3.11. The van der Waals surface area contributed by atoms with Crippen molar-refractivity contribution in [1.29, 1.82) is 0 Å². The van der Waals surface area contributed by atoms with Crippen molar-refractivity contribution in [2.75, 3.05) is 18.8 Å². The summed E-state index contributed by atoms with van der Waals surface area (Å²) >= 11 is 0. The number of hydrogen-bond acceptors (Lipinski definition) is 4. The van der Waals surface area contributed by atoms with Gasteiger partial charge in [0.1, 0.15) is 5.69 Å². The maximum atomic E-state index is 12.3. The SMILES string of the molecule is CCn1ncc(N)c1C(=O)N1CCC(C)(O)C1. The van der Waals surface area contributed by atoms with E-state index in [4.69, 9.17) is 5.73 Å². The van der Waals surface area contributed by atoms with Crippen molar-refractivity contribution in [2.45, 2.75) is 32.4 Å². The van der Waals surface area contributed by atoms with Crippen LogP contribution in [-0.4, -0.2) is 44.4 Å². The lowest BCUT2D eigenvalue weighted by Crippen LogP contribution is -2.35. The van der Waals surface area contributed by atoms with E-state index in [2.05, 4.69) is 5.10 Å². The topological polar surface area (TPSA) is 84.4 Å². The first-order valence-corrected chi connectivity index (χ1v) is 5.77. The molecule has 1 amide bonds. The number of carbonyl (C=O) groups is 1. The minimum Gasteiger partial charge on any atom is -0.396 e. The minimum atomic E-state index is -0.790. The van der Waals surface area contributed by atoms with Gasteiger partial charge in [-0.2, -0.15) is 5.10 Å². The lowest BCUT2D eigenvalue weighted by molar-refractivity contribution is 0.0566. The molecule has 1 aromatic rings. The molecule has 6 nitrogen and oxygen atoms in total.